The summed E-state index contributed by atoms with van der Waals surface area (Å²) in [5.41, 5.74) is 4.07. The summed E-state index contributed by atoms with van der Waals surface area (Å²) in [5.74, 6) is -0.439. The van der Waals surface area contributed by atoms with E-state index in [4.69, 9.17) is 16.3 Å². The fraction of sp³-hybridized carbons (Fsp3) is 0.484. The van der Waals surface area contributed by atoms with Gasteiger partial charge in [0.15, 0.2) is 5.69 Å². The molecule has 3 aliphatic rings. The van der Waals surface area contributed by atoms with Gasteiger partial charge in [-0.1, -0.05) is 47.1 Å². The number of rotatable bonds is 5. The molecule has 4 unspecified atom stereocenters. The van der Waals surface area contributed by atoms with Crippen molar-refractivity contribution in [1.29, 1.82) is 0 Å². The lowest BCUT2D eigenvalue weighted by Crippen LogP contribution is -2.55. The van der Waals surface area contributed by atoms with E-state index in [1.54, 1.807) is 16.9 Å². The number of aromatic nitrogens is 3. The first-order valence-electron chi connectivity index (χ1n) is 14.2. The van der Waals surface area contributed by atoms with Gasteiger partial charge in [0.25, 0.3) is 5.91 Å². The number of aliphatic hydroxyl groups is 1. The SMILES string of the molecule is CC(c1ccc2c(c1)CN(C(=O)OC(C)(C)C)CC21CC1)n1cc(C(=O)NC2CC(c3cccc(Cl)c3)C2O)nn1. The van der Waals surface area contributed by atoms with Crippen molar-refractivity contribution in [3.05, 3.63) is 81.6 Å². The third kappa shape index (κ3) is 5.45. The van der Waals surface area contributed by atoms with E-state index in [1.165, 1.54) is 5.56 Å². The number of aliphatic hydroxyl groups excluding tert-OH is 1. The fourth-order valence-electron chi connectivity index (χ4n) is 6.08. The standard InChI is InChI=1S/C31H36ClN5O4/c1-18(19-8-9-24-21(12-19)15-36(17-31(24)10-11-31)29(40)41-30(2,3)4)37-16-26(34-35-37)28(39)33-25-14-23(27(25)38)20-6-5-7-22(32)13-20/h5-9,12-13,16,18,23,25,27,38H,10-11,14-15,17H2,1-4H3,(H,33,39). The smallest absolute Gasteiger partial charge is 0.410 e. The molecule has 41 heavy (non-hydrogen) atoms. The topological polar surface area (TPSA) is 110 Å². The maximum Gasteiger partial charge on any atom is 0.410 e. The van der Waals surface area contributed by atoms with Crippen LogP contribution in [0.2, 0.25) is 5.02 Å². The molecule has 1 aromatic heterocycles. The third-order valence-corrected chi connectivity index (χ3v) is 8.84. The molecule has 4 atom stereocenters. The summed E-state index contributed by atoms with van der Waals surface area (Å²) in [4.78, 5) is 27.6. The predicted molar refractivity (Wildman–Crippen MR) is 154 cm³/mol. The van der Waals surface area contributed by atoms with E-state index >= 15 is 0 Å². The number of carbonyl (C=O) groups excluding carboxylic acids is 2. The zero-order valence-electron chi connectivity index (χ0n) is 23.8. The van der Waals surface area contributed by atoms with Crippen LogP contribution in [-0.2, 0) is 16.7 Å². The molecular formula is C31H36ClN5O4. The second-order valence-corrected chi connectivity index (χ2v) is 13.2. The third-order valence-electron chi connectivity index (χ3n) is 8.61. The second kappa shape index (κ2) is 10.1. The average molecular weight is 578 g/mol. The highest BCUT2D eigenvalue weighted by molar-refractivity contribution is 6.30. The highest BCUT2D eigenvalue weighted by Crippen LogP contribution is 2.52. The van der Waals surface area contributed by atoms with Gasteiger partial charge in [-0.2, -0.15) is 0 Å². The Hall–Kier alpha value is -3.43. The average Bonchev–Trinajstić information content (AvgIpc) is 3.50. The molecule has 10 heteroatoms. The van der Waals surface area contributed by atoms with Gasteiger partial charge < -0.3 is 20.1 Å². The monoisotopic (exact) mass is 577 g/mol. The Morgan fingerprint density at radius 1 is 1.20 bits per heavy atom. The quantitative estimate of drug-likeness (QED) is 0.443. The summed E-state index contributed by atoms with van der Waals surface area (Å²) < 4.78 is 7.34. The van der Waals surface area contributed by atoms with Crippen LogP contribution >= 0.6 is 11.6 Å². The summed E-state index contributed by atoms with van der Waals surface area (Å²) in [7, 11) is 0. The second-order valence-electron chi connectivity index (χ2n) is 12.8. The van der Waals surface area contributed by atoms with Crippen molar-refractivity contribution in [2.24, 2.45) is 0 Å². The number of ether oxygens (including phenoxy) is 1. The van der Waals surface area contributed by atoms with E-state index in [0.717, 1.165) is 29.5 Å². The van der Waals surface area contributed by atoms with E-state index in [-0.39, 0.29) is 41.1 Å². The van der Waals surface area contributed by atoms with Gasteiger partial charge in [0, 0.05) is 29.4 Å². The van der Waals surface area contributed by atoms with Crippen LogP contribution in [0.4, 0.5) is 4.79 Å². The molecule has 2 fully saturated rings. The molecule has 0 bridgehead atoms. The number of amides is 2. The van der Waals surface area contributed by atoms with Crippen LogP contribution in [0.15, 0.2) is 48.7 Å². The molecule has 0 saturated heterocycles. The molecule has 2 amide bonds. The van der Waals surface area contributed by atoms with Crippen molar-refractivity contribution in [2.45, 2.75) is 88.6 Å². The fourth-order valence-corrected chi connectivity index (χ4v) is 6.28. The minimum absolute atomic E-state index is 0.0165. The molecule has 9 nitrogen and oxygen atoms in total. The lowest BCUT2D eigenvalue weighted by Gasteiger charge is -2.41. The van der Waals surface area contributed by atoms with Crippen LogP contribution in [0.1, 0.15) is 91.7 Å². The highest BCUT2D eigenvalue weighted by atomic mass is 35.5. The molecular weight excluding hydrogens is 542 g/mol. The predicted octanol–water partition coefficient (Wildman–Crippen LogP) is 4.97. The van der Waals surface area contributed by atoms with Gasteiger partial charge in [0.2, 0.25) is 0 Å². The van der Waals surface area contributed by atoms with E-state index in [0.29, 0.717) is 24.5 Å². The van der Waals surface area contributed by atoms with E-state index in [9.17, 15) is 14.7 Å². The van der Waals surface area contributed by atoms with Gasteiger partial charge in [0.1, 0.15) is 5.60 Å². The van der Waals surface area contributed by atoms with Crippen LogP contribution in [0, 0.1) is 0 Å². The van der Waals surface area contributed by atoms with Crippen molar-refractivity contribution in [1.82, 2.24) is 25.2 Å². The molecule has 2 aromatic carbocycles. The van der Waals surface area contributed by atoms with E-state index in [2.05, 4.69) is 33.8 Å². The van der Waals surface area contributed by atoms with Crippen molar-refractivity contribution < 1.29 is 19.4 Å². The molecule has 2 heterocycles. The molecule has 1 aliphatic heterocycles. The first-order chi connectivity index (χ1) is 19.4. The Morgan fingerprint density at radius 2 is 1.98 bits per heavy atom. The number of halogens is 1. The molecule has 2 aliphatic carbocycles. The summed E-state index contributed by atoms with van der Waals surface area (Å²) >= 11 is 6.09. The Bertz CT molecular complexity index is 1490. The maximum absolute atomic E-state index is 12.9. The summed E-state index contributed by atoms with van der Waals surface area (Å²) in [6.07, 6.45) is 3.40. The number of carbonyl (C=O) groups is 2. The molecule has 216 valence electrons. The largest absolute Gasteiger partial charge is 0.444 e. The van der Waals surface area contributed by atoms with E-state index in [1.807, 2.05) is 50.8 Å². The number of nitrogens with one attached hydrogen (secondary N) is 1. The number of hydrogen-bond acceptors (Lipinski definition) is 6. The molecule has 1 spiro atoms. The minimum atomic E-state index is -0.697. The van der Waals surface area contributed by atoms with Crippen LogP contribution < -0.4 is 5.32 Å². The number of nitrogens with zero attached hydrogens (tertiary/aromatic N) is 4. The molecule has 3 aromatic rings. The first kappa shape index (κ1) is 27.7. The maximum atomic E-state index is 12.9. The van der Waals surface area contributed by atoms with Gasteiger partial charge >= 0.3 is 6.09 Å². The molecule has 6 rings (SSSR count). The van der Waals surface area contributed by atoms with Crippen molar-refractivity contribution in [2.75, 3.05) is 6.54 Å². The van der Waals surface area contributed by atoms with Crippen LogP contribution in [0.5, 0.6) is 0 Å². The highest BCUT2D eigenvalue weighted by Gasteiger charge is 2.50. The van der Waals surface area contributed by atoms with E-state index < -0.39 is 11.7 Å². The Labute approximate surface area is 244 Å². The minimum Gasteiger partial charge on any atom is -0.444 e. The van der Waals surface area contributed by atoms with Gasteiger partial charge in [0.05, 0.1) is 24.4 Å². The van der Waals surface area contributed by atoms with Gasteiger partial charge in [-0.15, -0.1) is 5.10 Å². The zero-order valence-corrected chi connectivity index (χ0v) is 24.6. The molecule has 2 saturated carbocycles. The van der Waals surface area contributed by atoms with Crippen molar-refractivity contribution in [3.63, 3.8) is 0 Å². The molecule has 0 radical (unpaired) electrons. The molecule has 2 N–H and O–H groups in total. The zero-order chi connectivity index (χ0) is 29.1. The lowest BCUT2D eigenvalue weighted by atomic mass is 9.73. The number of fused-ring (bicyclic) bond motifs is 2. The van der Waals surface area contributed by atoms with Gasteiger partial charge in [-0.25, -0.2) is 9.48 Å². The summed E-state index contributed by atoms with van der Waals surface area (Å²) in [5, 5.41) is 22.5. The summed E-state index contributed by atoms with van der Waals surface area (Å²) in [6, 6.07) is 13.3. The summed E-state index contributed by atoms with van der Waals surface area (Å²) in [6.45, 7) is 8.83. The Morgan fingerprint density at radius 3 is 2.66 bits per heavy atom. The van der Waals surface area contributed by atoms with Crippen LogP contribution in [0.3, 0.4) is 0 Å². The van der Waals surface area contributed by atoms with Crippen LogP contribution in [-0.4, -0.2) is 61.3 Å². The number of hydrogen-bond donors (Lipinski definition) is 2. The number of benzene rings is 2. The van der Waals surface area contributed by atoms with Gasteiger partial charge in [-0.05, 0) is 81.3 Å². The first-order valence-corrected chi connectivity index (χ1v) is 14.6. The van der Waals surface area contributed by atoms with Crippen molar-refractivity contribution in [3.8, 4) is 0 Å². The Kier molecular flexibility index (Phi) is 6.85. The van der Waals surface area contributed by atoms with Crippen LogP contribution in [0.25, 0.3) is 0 Å². The normalized spacial score (nSPS) is 23.4. The lowest BCUT2D eigenvalue weighted by molar-refractivity contribution is 0.0196. The van der Waals surface area contributed by atoms with Crippen molar-refractivity contribution >= 4 is 23.6 Å². The Balaban J connectivity index is 1.12. The van der Waals surface area contributed by atoms with Gasteiger partial charge in [-0.3, -0.25) is 4.79 Å².